The standard InChI is InChI=1S/C23H24O9S3/c24-33(25,26)21-11-3-17(4-12-21)1-7-19(20-9-15-23(16-10-20)35(30,31)32)8-2-18-5-13-22(14-6-18)34(27,28)29/h3-6,9-16,19H,1-2,7-8H2,(H,24,25,26)(H,27,28,29)(H,30,31,32). The number of rotatable bonds is 10. The summed E-state index contributed by atoms with van der Waals surface area (Å²) < 4.78 is 95.2. The molecule has 3 rings (SSSR count). The lowest BCUT2D eigenvalue weighted by Crippen LogP contribution is -2.05. The summed E-state index contributed by atoms with van der Waals surface area (Å²) in [7, 11) is -12.9. The molecule has 0 aliphatic rings. The molecule has 3 aromatic rings. The minimum atomic E-state index is -4.33. The van der Waals surface area contributed by atoms with Crippen molar-refractivity contribution in [3.05, 3.63) is 89.5 Å². The first-order chi connectivity index (χ1) is 16.2. The second kappa shape index (κ2) is 10.6. The SMILES string of the molecule is O=S(=O)(O)c1ccc(CCC(CCc2ccc(S(=O)(=O)O)cc2)c2ccc(S(=O)(=O)O)cc2)cc1. The van der Waals surface area contributed by atoms with Gasteiger partial charge in [-0.2, -0.15) is 25.3 Å². The molecule has 9 nitrogen and oxygen atoms in total. The second-order valence-corrected chi connectivity index (χ2v) is 12.3. The number of hydrogen-bond acceptors (Lipinski definition) is 6. The van der Waals surface area contributed by atoms with Gasteiger partial charge in [0.1, 0.15) is 0 Å². The van der Waals surface area contributed by atoms with E-state index in [-0.39, 0.29) is 20.6 Å². The van der Waals surface area contributed by atoms with Crippen molar-refractivity contribution < 1.29 is 38.9 Å². The van der Waals surface area contributed by atoms with Gasteiger partial charge >= 0.3 is 0 Å². The molecule has 0 saturated heterocycles. The van der Waals surface area contributed by atoms with E-state index in [0.29, 0.717) is 25.7 Å². The van der Waals surface area contributed by atoms with Gasteiger partial charge < -0.3 is 0 Å². The molecule has 0 amide bonds. The van der Waals surface area contributed by atoms with Gasteiger partial charge in [-0.1, -0.05) is 36.4 Å². The highest BCUT2D eigenvalue weighted by atomic mass is 32.2. The van der Waals surface area contributed by atoms with E-state index in [9.17, 15) is 29.8 Å². The van der Waals surface area contributed by atoms with Crippen molar-refractivity contribution in [1.29, 1.82) is 0 Å². The highest BCUT2D eigenvalue weighted by molar-refractivity contribution is 7.86. The summed E-state index contributed by atoms with van der Waals surface area (Å²) in [6, 6.07) is 17.6. The van der Waals surface area contributed by atoms with Crippen molar-refractivity contribution in [3.8, 4) is 0 Å². The van der Waals surface area contributed by atoms with E-state index in [4.69, 9.17) is 9.11 Å². The Kier molecular flexibility index (Phi) is 8.14. The van der Waals surface area contributed by atoms with Crippen LogP contribution in [0.25, 0.3) is 0 Å². The van der Waals surface area contributed by atoms with E-state index < -0.39 is 30.4 Å². The largest absolute Gasteiger partial charge is 0.294 e. The molecule has 0 unspecified atom stereocenters. The molecule has 0 radical (unpaired) electrons. The third kappa shape index (κ3) is 7.69. The van der Waals surface area contributed by atoms with E-state index >= 15 is 0 Å². The maximum atomic E-state index is 11.4. The molecule has 12 heteroatoms. The van der Waals surface area contributed by atoms with Crippen molar-refractivity contribution in [1.82, 2.24) is 0 Å². The van der Waals surface area contributed by atoms with E-state index in [1.165, 1.54) is 36.4 Å². The summed E-state index contributed by atoms with van der Waals surface area (Å²) in [5.41, 5.74) is 2.52. The topological polar surface area (TPSA) is 163 Å². The zero-order chi connectivity index (χ0) is 25.9. The number of hydrogen-bond donors (Lipinski definition) is 3. The third-order valence-electron chi connectivity index (χ3n) is 5.65. The molecule has 0 aliphatic carbocycles. The van der Waals surface area contributed by atoms with E-state index in [2.05, 4.69) is 0 Å². The van der Waals surface area contributed by atoms with Crippen LogP contribution < -0.4 is 0 Å². The van der Waals surface area contributed by atoms with Crippen molar-refractivity contribution in [2.45, 2.75) is 46.3 Å². The maximum Gasteiger partial charge on any atom is 0.294 e. The van der Waals surface area contributed by atoms with Gasteiger partial charge in [0.05, 0.1) is 14.7 Å². The summed E-state index contributed by atoms with van der Waals surface area (Å²) in [6.45, 7) is 0. The van der Waals surface area contributed by atoms with Crippen LogP contribution in [0.2, 0.25) is 0 Å². The lowest BCUT2D eigenvalue weighted by atomic mass is 9.87. The average molecular weight is 541 g/mol. The van der Waals surface area contributed by atoms with Crippen LogP contribution >= 0.6 is 0 Å². The molecule has 0 aromatic heterocycles. The normalized spacial score (nSPS) is 12.7. The van der Waals surface area contributed by atoms with Crippen LogP contribution in [0.1, 0.15) is 35.4 Å². The minimum Gasteiger partial charge on any atom is -0.282 e. The Balaban J connectivity index is 1.78. The third-order valence-corrected chi connectivity index (χ3v) is 8.26. The molecule has 0 heterocycles. The van der Waals surface area contributed by atoms with E-state index in [1.54, 1.807) is 36.4 Å². The summed E-state index contributed by atoms with van der Waals surface area (Å²) in [5, 5.41) is 0. The fourth-order valence-electron chi connectivity index (χ4n) is 3.73. The second-order valence-electron chi connectivity index (χ2n) is 8.06. The average Bonchev–Trinajstić information content (AvgIpc) is 2.78. The van der Waals surface area contributed by atoms with Crippen LogP contribution in [0.3, 0.4) is 0 Å². The fourth-order valence-corrected chi connectivity index (χ4v) is 5.17. The van der Waals surface area contributed by atoms with Crippen molar-refractivity contribution in [2.75, 3.05) is 0 Å². The molecule has 0 aliphatic heterocycles. The van der Waals surface area contributed by atoms with Crippen molar-refractivity contribution >= 4 is 30.4 Å². The van der Waals surface area contributed by atoms with E-state index in [1.807, 2.05) is 0 Å². The Bertz CT molecular complexity index is 1400. The molecule has 0 bridgehead atoms. The van der Waals surface area contributed by atoms with Crippen LogP contribution in [0.4, 0.5) is 0 Å². The Labute approximate surface area is 204 Å². The first-order valence-corrected chi connectivity index (χ1v) is 14.8. The molecular formula is C23H24O9S3. The summed E-state index contributed by atoms with van der Waals surface area (Å²) in [4.78, 5) is -0.625. The zero-order valence-corrected chi connectivity index (χ0v) is 20.8. The summed E-state index contributed by atoms with van der Waals surface area (Å²) in [6.07, 6.45) is 2.38. The summed E-state index contributed by atoms with van der Waals surface area (Å²) >= 11 is 0. The van der Waals surface area contributed by atoms with Gasteiger partial charge in [-0.05, 0) is 84.7 Å². The van der Waals surface area contributed by atoms with Crippen LogP contribution in [-0.2, 0) is 43.2 Å². The predicted octanol–water partition coefficient (Wildman–Crippen LogP) is 3.78. The number of benzene rings is 3. The predicted molar refractivity (Wildman–Crippen MR) is 128 cm³/mol. The molecule has 0 spiro atoms. The van der Waals surface area contributed by atoms with Crippen LogP contribution in [-0.4, -0.2) is 38.9 Å². The highest BCUT2D eigenvalue weighted by Crippen LogP contribution is 2.29. The molecule has 0 atom stereocenters. The van der Waals surface area contributed by atoms with Gasteiger partial charge in [0.2, 0.25) is 0 Å². The molecular weight excluding hydrogens is 516 g/mol. The van der Waals surface area contributed by atoms with Gasteiger partial charge in [0.15, 0.2) is 0 Å². The Morgan fingerprint density at radius 3 is 1.06 bits per heavy atom. The van der Waals surface area contributed by atoms with Gasteiger partial charge in [-0.3, -0.25) is 13.7 Å². The molecule has 0 fully saturated rings. The lowest BCUT2D eigenvalue weighted by Gasteiger charge is -2.18. The first kappa shape index (κ1) is 27.0. The fraction of sp³-hybridized carbons (Fsp3) is 0.217. The Morgan fingerprint density at radius 1 is 0.486 bits per heavy atom. The van der Waals surface area contributed by atoms with Crippen molar-refractivity contribution in [3.63, 3.8) is 0 Å². The van der Waals surface area contributed by atoms with Gasteiger partial charge in [-0.15, -0.1) is 0 Å². The van der Waals surface area contributed by atoms with Crippen molar-refractivity contribution in [2.24, 2.45) is 0 Å². The smallest absolute Gasteiger partial charge is 0.282 e. The molecule has 0 saturated carbocycles. The first-order valence-electron chi connectivity index (χ1n) is 10.4. The van der Waals surface area contributed by atoms with Gasteiger partial charge in [-0.25, -0.2) is 0 Å². The molecule has 35 heavy (non-hydrogen) atoms. The van der Waals surface area contributed by atoms with Crippen LogP contribution in [0, 0.1) is 0 Å². The van der Waals surface area contributed by atoms with Gasteiger partial charge in [0, 0.05) is 0 Å². The molecule has 188 valence electrons. The minimum absolute atomic E-state index is 0.0482. The highest BCUT2D eigenvalue weighted by Gasteiger charge is 2.16. The molecule has 3 N–H and O–H groups in total. The lowest BCUT2D eigenvalue weighted by molar-refractivity contribution is 0.481. The monoisotopic (exact) mass is 540 g/mol. The molecule has 3 aromatic carbocycles. The van der Waals surface area contributed by atoms with E-state index in [0.717, 1.165) is 16.7 Å². The van der Waals surface area contributed by atoms with Crippen LogP contribution in [0.5, 0.6) is 0 Å². The van der Waals surface area contributed by atoms with Gasteiger partial charge in [0.25, 0.3) is 30.4 Å². The Hall–Kier alpha value is -2.61. The van der Waals surface area contributed by atoms with Crippen LogP contribution in [0.15, 0.2) is 87.5 Å². The quantitative estimate of drug-likeness (QED) is 0.325. The summed E-state index contributed by atoms with van der Waals surface area (Å²) in [5.74, 6) is -0.0482. The zero-order valence-electron chi connectivity index (χ0n) is 18.3. The Morgan fingerprint density at radius 2 is 0.771 bits per heavy atom. The maximum absolute atomic E-state index is 11.4. The number of aryl methyl sites for hydroxylation is 2.